The predicted molar refractivity (Wildman–Crippen MR) is 112 cm³/mol. The Kier molecular flexibility index (Phi) is 31.5. The fraction of sp³-hybridized carbons (Fsp3) is 0.700. The number of unbranched alkanes of at least 4 members (excludes halogenated alkanes) is 7. The zero-order chi connectivity index (χ0) is 20.5. The summed E-state index contributed by atoms with van der Waals surface area (Å²) in [4.78, 5) is 19.8. The molecule has 6 nitrogen and oxygen atoms in total. The molecule has 0 aromatic rings. The fourth-order valence-electron chi connectivity index (χ4n) is 1.82. The number of rotatable bonds is 13. The van der Waals surface area contributed by atoms with Crippen molar-refractivity contribution in [3.05, 3.63) is 24.3 Å². The number of allylic oxidation sites excluding steroid dienone is 2. The normalized spacial score (nSPS) is 10.2. The number of carbonyl (C=O) groups excluding carboxylic acids is 2. The van der Waals surface area contributed by atoms with Crippen LogP contribution in [0.15, 0.2) is 24.3 Å². The molecule has 0 aliphatic carbocycles. The van der Waals surface area contributed by atoms with Crippen LogP contribution in [-0.4, -0.2) is 24.9 Å². The van der Waals surface area contributed by atoms with E-state index in [1.54, 1.807) is 12.2 Å². The number of primary amides is 2. The van der Waals surface area contributed by atoms with Crippen LogP contribution in [0.25, 0.3) is 0 Å². The van der Waals surface area contributed by atoms with Gasteiger partial charge in [-0.05, 0) is 50.9 Å². The Balaban J connectivity index is -0.000000326. The third-order valence-corrected chi connectivity index (χ3v) is 3.19. The summed E-state index contributed by atoms with van der Waals surface area (Å²) in [7, 11) is 0. The standard InChI is InChI=1S/C10H24N2.2C5H9NO/c11-9-7-5-3-1-2-4-6-8-10-12;2*1-2-3-4-5(6)7/h1-12H2;2*3-4H,2H2,1H3,(H2,6,7). The van der Waals surface area contributed by atoms with Crippen LogP contribution in [0.2, 0.25) is 0 Å². The van der Waals surface area contributed by atoms with Gasteiger partial charge in [0.05, 0.1) is 0 Å². The Hall–Kier alpha value is -1.66. The van der Waals surface area contributed by atoms with Gasteiger partial charge in [0.25, 0.3) is 0 Å². The molecular weight excluding hydrogens is 328 g/mol. The lowest BCUT2D eigenvalue weighted by molar-refractivity contribution is -0.114. The first-order chi connectivity index (χ1) is 12.5. The molecule has 6 heteroatoms. The summed E-state index contributed by atoms with van der Waals surface area (Å²) < 4.78 is 0. The van der Waals surface area contributed by atoms with E-state index in [1.165, 1.54) is 63.5 Å². The quantitative estimate of drug-likeness (QED) is 0.292. The molecule has 0 aliphatic rings. The second kappa shape index (κ2) is 28.2. The molecule has 0 saturated heterocycles. The van der Waals surface area contributed by atoms with Crippen LogP contribution in [0.4, 0.5) is 0 Å². The minimum Gasteiger partial charge on any atom is -0.366 e. The molecule has 0 heterocycles. The molecule has 0 saturated carbocycles. The number of hydrogen-bond donors (Lipinski definition) is 4. The lowest BCUT2D eigenvalue weighted by Gasteiger charge is -2.00. The van der Waals surface area contributed by atoms with E-state index in [0.29, 0.717) is 0 Å². The van der Waals surface area contributed by atoms with Gasteiger partial charge in [0.2, 0.25) is 11.8 Å². The van der Waals surface area contributed by atoms with Crippen LogP contribution in [0, 0.1) is 0 Å². The summed E-state index contributed by atoms with van der Waals surface area (Å²) in [5.41, 5.74) is 20.3. The maximum Gasteiger partial charge on any atom is 0.241 e. The van der Waals surface area contributed by atoms with Gasteiger partial charge in [-0.2, -0.15) is 0 Å². The first-order valence-electron chi connectivity index (χ1n) is 9.78. The largest absolute Gasteiger partial charge is 0.366 e. The van der Waals surface area contributed by atoms with E-state index in [0.717, 1.165) is 25.9 Å². The van der Waals surface area contributed by atoms with E-state index in [1.807, 2.05) is 13.8 Å². The van der Waals surface area contributed by atoms with Crippen molar-refractivity contribution in [2.24, 2.45) is 22.9 Å². The second-order valence-corrected chi connectivity index (χ2v) is 5.83. The first-order valence-corrected chi connectivity index (χ1v) is 9.78. The van der Waals surface area contributed by atoms with Gasteiger partial charge in [-0.25, -0.2) is 0 Å². The number of carbonyl (C=O) groups is 2. The Morgan fingerprint density at radius 1 is 0.615 bits per heavy atom. The number of amides is 2. The van der Waals surface area contributed by atoms with Crippen LogP contribution in [0.1, 0.15) is 78.1 Å². The fourth-order valence-corrected chi connectivity index (χ4v) is 1.82. The van der Waals surface area contributed by atoms with Gasteiger partial charge >= 0.3 is 0 Å². The zero-order valence-corrected chi connectivity index (χ0v) is 16.9. The second-order valence-electron chi connectivity index (χ2n) is 5.83. The Morgan fingerprint density at radius 3 is 1.04 bits per heavy atom. The molecule has 0 aromatic heterocycles. The minimum absolute atomic E-state index is 0.373. The summed E-state index contributed by atoms with van der Waals surface area (Å²) in [6.07, 6.45) is 18.4. The van der Waals surface area contributed by atoms with E-state index >= 15 is 0 Å². The van der Waals surface area contributed by atoms with Gasteiger partial charge in [-0.15, -0.1) is 0 Å². The highest BCUT2D eigenvalue weighted by Gasteiger charge is 1.90. The molecule has 0 aliphatic heterocycles. The average molecular weight is 371 g/mol. The van der Waals surface area contributed by atoms with E-state index in [4.69, 9.17) is 22.9 Å². The average Bonchev–Trinajstić information content (AvgIpc) is 2.61. The molecule has 2 amide bonds. The number of hydrogen-bond acceptors (Lipinski definition) is 4. The third-order valence-electron chi connectivity index (χ3n) is 3.19. The summed E-state index contributed by atoms with van der Waals surface area (Å²) in [5.74, 6) is -0.747. The van der Waals surface area contributed by atoms with Crippen LogP contribution in [0.3, 0.4) is 0 Å². The SMILES string of the molecule is CCC=CC(N)=O.CCC=CC(N)=O.NCCCCCCCCCCN. The molecule has 0 aromatic carbocycles. The summed E-state index contributed by atoms with van der Waals surface area (Å²) in [6.45, 7) is 5.60. The van der Waals surface area contributed by atoms with Crippen LogP contribution >= 0.6 is 0 Å². The molecule has 0 unspecified atom stereocenters. The molecule has 26 heavy (non-hydrogen) atoms. The summed E-state index contributed by atoms with van der Waals surface area (Å²) >= 11 is 0. The molecule has 0 bridgehead atoms. The predicted octanol–water partition coefficient (Wildman–Crippen LogP) is 2.90. The van der Waals surface area contributed by atoms with Gasteiger partial charge < -0.3 is 22.9 Å². The Labute approximate surface area is 160 Å². The smallest absolute Gasteiger partial charge is 0.241 e. The van der Waals surface area contributed by atoms with Crippen molar-refractivity contribution in [3.63, 3.8) is 0 Å². The zero-order valence-electron chi connectivity index (χ0n) is 16.9. The van der Waals surface area contributed by atoms with Crippen molar-refractivity contribution in [3.8, 4) is 0 Å². The summed E-state index contributed by atoms with van der Waals surface area (Å²) in [6, 6.07) is 0. The third kappa shape index (κ3) is 43.2. The highest BCUT2D eigenvalue weighted by atomic mass is 16.1. The maximum absolute atomic E-state index is 9.89. The highest BCUT2D eigenvalue weighted by Crippen LogP contribution is 2.07. The van der Waals surface area contributed by atoms with Gasteiger partial charge in [0, 0.05) is 0 Å². The van der Waals surface area contributed by atoms with Gasteiger partial charge in [-0.1, -0.05) is 64.5 Å². The molecule has 154 valence electrons. The molecule has 0 fully saturated rings. The van der Waals surface area contributed by atoms with Crippen LogP contribution < -0.4 is 22.9 Å². The van der Waals surface area contributed by atoms with E-state index in [-0.39, 0.29) is 11.8 Å². The molecule has 0 spiro atoms. The van der Waals surface area contributed by atoms with Crippen molar-refractivity contribution in [1.29, 1.82) is 0 Å². The van der Waals surface area contributed by atoms with Crippen molar-refractivity contribution in [2.45, 2.75) is 78.1 Å². The van der Waals surface area contributed by atoms with Crippen LogP contribution in [0.5, 0.6) is 0 Å². The van der Waals surface area contributed by atoms with Crippen molar-refractivity contribution in [1.82, 2.24) is 0 Å². The van der Waals surface area contributed by atoms with Crippen molar-refractivity contribution >= 4 is 11.8 Å². The Bertz CT molecular complexity index is 322. The van der Waals surface area contributed by atoms with Gasteiger partial charge in [-0.3, -0.25) is 9.59 Å². The van der Waals surface area contributed by atoms with E-state index in [2.05, 4.69) is 0 Å². The van der Waals surface area contributed by atoms with E-state index < -0.39 is 0 Å². The molecule has 0 radical (unpaired) electrons. The molecule has 0 atom stereocenters. The first kappa shape index (κ1) is 29.1. The minimum atomic E-state index is -0.373. The lowest BCUT2D eigenvalue weighted by Crippen LogP contribution is -2.04. The number of nitrogens with two attached hydrogens (primary N) is 4. The monoisotopic (exact) mass is 370 g/mol. The molecule has 0 rings (SSSR count). The lowest BCUT2D eigenvalue weighted by atomic mass is 10.1. The molecule has 8 N–H and O–H groups in total. The highest BCUT2D eigenvalue weighted by molar-refractivity contribution is 5.85. The maximum atomic E-state index is 9.89. The van der Waals surface area contributed by atoms with Gasteiger partial charge in [0.15, 0.2) is 0 Å². The van der Waals surface area contributed by atoms with Crippen molar-refractivity contribution in [2.75, 3.05) is 13.1 Å². The molecular formula is C20H42N4O2. The van der Waals surface area contributed by atoms with Gasteiger partial charge in [0.1, 0.15) is 0 Å². The van der Waals surface area contributed by atoms with E-state index in [9.17, 15) is 9.59 Å². The Morgan fingerprint density at radius 2 is 0.885 bits per heavy atom. The topological polar surface area (TPSA) is 138 Å². The summed E-state index contributed by atoms with van der Waals surface area (Å²) in [5, 5.41) is 0. The van der Waals surface area contributed by atoms with Crippen molar-refractivity contribution < 1.29 is 9.59 Å². The van der Waals surface area contributed by atoms with Crippen LogP contribution in [-0.2, 0) is 9.59 Å².